The molecule has 0 fully saturated rings. The monoisotopic (exact) mass is 732 g/mol. The van der Waals surface area contributed by atoms with Crippen LogP contribution in [0, 0.1) is 0 Å². The summed E-state index contributed by atoms with van der Waals surface area (Å²) in [6.07, 6.45) is 3.43. The molecule has 2 nitrogen and oxygen atoms in total. The fraction of sp³-hybridized carbons (Fsp3) is 0.0500. The molecule has 0 atom stereocenters. The van der Waals surface area contributed by atoms with Crippen molar-refractivity contribution in [1.82, 2.24) is 0 Å². The number of rotatable bonds is 4. The van der Waals surface area contributed by atoms with E-state index in [1.807, 2.05) is 36.4 Å². The van der Waals surface area contributed by atoms with Gasteiger partial charge in [-0.3, -0.25) is 0 Å². The van der Waals surface area contributed by atoms with Gasteiger partial charge in [-0.1, -0.05) is 119 Å². The molecule has 8 aromatic rings. The molecule has 0 amide bonds. The van der Waals surface area contributed by atoms with Crippen molar-refractivity contribution in [2.75, 3.05) is 0 Å². The molecule has 6 aromatic carbocycles. The molecule has 0 aliphatic heterocycles. The van der Waals surface area contributed by atoms with E-state index < -0.39 is 0 Å². The van der Waals surface area contributed by atoms with E-state index in [2.05, 4.69) is 122 Å². The summed E-state index contributed by atoms with van der Waals surface area (Å²) >= 11 is 1.74. The summed E-state index contributed by atoms with van der Waals surface area (Å²) < 4.78 is 11.0. The molecule has 0 saturated carbocycles. The third-order valence-corrected chi connectivity index (χ3v) is 7.28. The molecule has 2 aromatic heterocycles. The van der Waals surface area contributed by atoms with Crippen LogP contribution in [0.5, 0.6) is 0 Å². The predicted molar refractivity (Wildman–Crippen MR) is 183 cm³/mol. The zero-order valence-electron chi connectivity index (χ0n) is 25.6. The second-order valence-electron chi connectivity index (χ2n) is 10.8. The van der Waals surface area contributed by atoms with Gasteiger partial charge in [0.1, 0.15) is 0 Å². The van der Waals surface area contributed by atoms with E-state index in [9.17, 15) is 0 Å². The van der Waals surface area contributed by atoms with Gasteiger partial charge in [-0.25, -0.2) is 0 Å². The molecule has 0 unspecified atom stereocenters. The molecule has 0 saturated heterocycles. The summed E-state index contributed by atoms with van der Waals surface area (Å²) in [7, 11) is 0. The Balaban J connectivity index is 0.000000180. The fourth-order valence-electron chi connectivity index (χ4n) is 5.38. The van der Waals surface area contributed by atoms with Gasteiger partial charge in [0.15, 0.2) is 0 Å². The van der Waals surface area contributed by atoms with Gasteiger partial charge < -0.3 is 33.6 Å². The minimum atomic E-state index is 0. The summed E-state index contributed by atoms with van der Waals surface area (Å²) in [5, 5.41) is 5.03. The Bertz CT molecular complexity index is 1940. The van der Waals surface area contributed by atoms with Crippen LogP contribution in [0.1, 0.15) is 0 Å². The van der Waals surface area contributed by atoms with Crippen LogP contribution < -0.4 is 24.8 Å². The van der Waals surface area contributed by atoms with E-state index in [4.69, 9.17) is 8.83 Å². The number of halogens is 2. The molecule has 8 rings (SSSR count). The average Bonchev–Trinajstić information content (AvgIpc) is 3.87. The number of hydrogen-bond acceptors (Lipinski definition) is 2. The Morgan fingerprint density at radius 2 is 0.891 bits per heavy atom. The third-order valence-electron chi connectivity index (χ3n) is 7.28. The Morgan fingerprint density at radius 1 is 0.500 bits per heavy atom. The van der Waals surface area contributed by atoms with Gasteiger partial charge in [0.05, 0.1) is 24.0 Å². The van der Waals surface area contributed by atoms with Crippen molar-refractivity contribution >= 4 is 27.0 Å². The van der Waals surface area contributed by atoms with E-state index >= 15 is 0 Å². The minimum absolute atomic E-state index is 0. The first-order chi connectivity index (χ1) is 21.6. The van der Waals surface area contributed by atoms with Gasteiger partial charge in [-0.15, -0.1) is 57.9 Å². The number of furan rings is 2. The molecule has 46 heavy (non-hydrogen) atoms. The smallest absolute Gasteiger partial charge is 0.0796 e. The molecule has 228 valence electrons. The first-order valence-corrected chi connectivity index (χ1v) is 20.8. The number of hydrogen-bond donors (Lipinski definition) is 0. The van der Waals surface area contributed by atoms with Gasteiger partial charge >= 0.3 is 41.9 Å². The maximum absolute atomic E-state index is 5.49. The van der Waals surface area contributed by atoms with E-state index in [0.29, 0.717) is 0 Å². The Kier molecular flexibility index (Phi) is 12.8. The quantitative estimate of drug-likeness (QED) is 0.170. The van der Waals surface area contributed by atoms with Crippen molar-refractivity contribution in [1.29, 1.82) is 0 Å². The van der Waals surface area contributed by atoms with Gasteiger partial charge in [0.2, 0.25) is 0 Å². The molecule has 0 aliphatic carbocycles. The van der Waals surface area contributed by atoms with Crippen LogP contribution >= 0.6 is 0 Å². The molecular weight excluding hydrogens is 703 g/mol. The normalized spacial score (nSPS) is 10.2. The largest absolute Gasteiger partial charge is 1.00 e. The summed E-state index contributed by atoms with van der Waals surface area (Å²) in [6, 6.07) is 50.4. The van der Waals surface area contributed by atoms with Crippen molar-refractivity contribution in [3.8, 4) is 44.9 Å². The van der Waals surface area contributed by atoms with Gasteiger partial charge in [0.25, 0.3) is 0 Å². The Labute approximate surface area is 298 Å². The second-order valence-corrected chi connectivity index (χ2v) is 20.2. The average molecular weight is 735 g/mol. The van der Waals surface area contributed by atoms with Crippen LogP contribution in [0.3, 0.4) is 0 Å². The first kappa shape index (κ1) is 35.2. The molecule has 6 heteroatoms. The van der Waals surface area contributed by atoms with E-state index in [0.717, 1.165) is 22.6 Å². The van der Waals surface area contributed by atoms with Gasteiger partial charge in [-0.2, -0.15) is 0 Å². The third kappa shape index (κ3) is 8.37. The summed E-state index contributed by atoms with van der Waals surface area (Å²) in [5.41, 5.74) is 7.50. The minimum Gasteiger partial charge on any atom is -1.00 e. The van der Waals surface area contributed by atoms with Crippen molar-refractivity contribution in [3.05, 3.63) is 158 Å². The van der Waals surface area contributed by atoms with Crippen molar-refractivity contribution in [3.63, 3.8) is 0 Å². The zero-order valence-corrected chi connectivity index (χ0v) is 30.6. The van der Waals surface area contributed by atoms with Crippen molar-refractivity contribution in [2.45, 2.75) is 13.1 Å². The van der Waals surface area contributed by atoms with Gasteiger partial charge in [0, 0.05) is 0 Å². The van der Waals surface area contributed by atoms with Crippen molar-refractivity contribution < 1.29 is 57.0 Å². The van der Waals surface area contributed by atoms with Gasteiger partial charge in [-0.05, 0) is 23.3 Å². The maximum atomic E-state index is 5.49. The standard InChI is InChI=1S/2C19H13O.C2H6Si.2ClH.Zr/c2*1-2-6-14(7-3-1)17-9-4-8-15-12-16(13-18(15)17)19-10-5-11-20-19;1-3-2;;;/h2*1-13H;1-2H3;2*1H;/q2*-1;;;;+2/p-2. The number of fused-ring (bicyclic) bond motifs is 2. The van der Waals surface area contributed by atoms with Crippen LogP contribution in [0.25, 0.3) is 66.4 Å². The van der Waals surface area contributed by atoms with Crippen LogP contribution in [0.15, 0.2) is 167 Å². The molecule has 0 aliphatic rings. The van der Waals surface area contributed by atoms with Crippen LogP contribution in [-0.2, 0) is 23.3 Å². The van der Waals surface area contributed by atoms with Crippen LogP contribution in [-0.4, -0.2) is 5.43 Å². The molecule has 0 N–H and O–H groups in total. The Morgan fingerprint density at radius 3 is 1.24 bits per heavy atom. The molecule has 0 spiro atoms. The Hall–Kier alpha value is -3.66. The summed E-state index contributed by atoms with van der Waals surface area (Å²) in [4.78, 5) is 0. The van der Waals surface area contributed by atoms with E-state index in [1.54, 1.807) is 35.9 Å². The fourth-order valence-corrected chi connectivity index (χ4v) is 5.38. The SMILES string of the molecule is C[Si](C)=[Zr+2].[Cl-].[Cl-].c1ccc(-c2cccc3[cH-]c(-c4ccco4)cc23)cc1.c1ccc(-c2cccc3[cH-]c(-c4ccco4)cc23)cc1. The molecular formula is C40H32Cl2O2SiZr-2. The second kappa shape index (κ2) is 16.8. The number of benzene rings is 4. The molecule has 0 radical (unpaired) electrons. The summed E-state index contributed by atoms with van der Waals surface area (Å²) in [5.74, 6) is 1.83. The zero-order chi connectivity index (χ0) is 30.3. The summed E-state index contributed by atoms with van der Waals surface area (Å²) in [6.45, 7) is 4.62. The van der Waals surface area contributed by atoms with Crippen LogP contribution in [0.2, 0.25) is 13.1 Å². The maximum Gasteiger partial charge on any atom is 0.0796 e. The first-order valence-electron chi connectivity index (χ1n) is 14.7. The predicted octanol–water partition coefficient (Wildman–Crippen LogP) is 5.76. The van der Waals surface area contributed by atoms with E-state index in [1.165, 1.54) is 43.8 Å². The van der Waals surface area contributed by atoms with Crippen LogP contribution in [0.4, 0.5) is 0 Å². The molecule has 0 bridgehead atoms. The topological polar surface area (TPSA) is 26.3 Å². The molecule has 2 heterocycles. The van der Waals surface area contributed by atoms with E-state index in [-0.39, 0.29) is 30.2 Å². The van der Waals surface area contributed by atoms with Crippen molar-refractivity contribution in [2.24, 2.45) is 0 Å².